The van der Waals surface area contributed by atoms with Gasteiger partial charge in [-0.05, 0) is 38.4 Å². The molecule has 0 aromatic carbocycles. The lowest BCUT2D eigenvalue weighted by atomic mass is 10.1. The van der Waals surface area contributed by atoms with Crippen molar-refractivity contribution in [1.82, 2.24) is 24.3 Å². The molecule has 1 saturated heterocycles. The van der Waals surface area contributed by atoms with Crippen molar-refractivity contribution < 1.29 is 14.5 Å². The van der Waals surface area contributed by atoms with Gasteiger partial charge in [0.05, 0.1) is 16.8 Å². The van der Waals surface area contributed by atoms with E-state index in [4.69, 9.17) is 0 Å². The van der Waals surface area contributed by atoms with Gasteiger partial charge in [0.2, 0.25) is 0 Å². The number of piperazine rings is 1. The molecular formula is C24H37N7O4. The van der Waals surface area contributed by atoms with Gasteiger partial charge in [-0.2, -0.15) is 0 Å². The van der Waals surface area contributed by atoms with Gasteiger partial charge in [0, 0.05) is 58.6 Å². The molecule has 3 heterocycles. The van der Waals surface area contributed by atoms with Crippen LogP contribution in [0.2, 0.25) is 0 Å². The Labute approximate surface area is 206 Å². The number of amides is 2. The number of aromatic nitrogens is 2. The van der Waals surface area contributed by atoms with Gasteiger partial charge in [0.1, 0.15) is 11.4 Å². The first kappa shape index (κ1) is 26.4. The Morgan fingerprint density at radius 2 is 1.74 bits per heavy atom. The van der Waals surface area contributed by atoms with E-state index in [-0.39, 0.29) is 17.3 Å². The average Bonchev–Trinajstić information content (AvgIpc) is 3.40. The quantitative estimate of drug-likeness (QED) is 0.286. The summed E-state index contributed by atoms with van der Waals surface area (Å²) in [6.07, 6.45) is 4.71. The van der Waals surface area contributed by atoms with Crippen LogP contribution in [0.3, 0.4) is 0 Å². The molecule has 2 amide bonds. The standard InChI is InChI=1S/C24H37N7O4/c1-18(2)6-9-30-17-20(31(34)35)15-22(30)24(33)26-19-14-21(28(4)16-19)23(32)25-7-5-8-29-12-10-27(3)11-13-29/h14-18H,5-13H2,1-4H3,(H,25,32)(H,26,33). The van der Waals surface area contributed by atoms with E-state index in [1.165, 1.54) is 12.3 Å². The van der Waals surface area contributed by atoms with Crippen LogP contribution < -0.4 is 10.6 Å². The lowest BCUT2D eigenvalue weighted by molar-refractivity contribution is -0.384. The molecule has 192 valence electrons. The molecule has 35 heavy (non-hydrogen) atoms. The van der Waals surface area contributed by atoms with E-state index in [9.17, 15) is 19.7 Å². The molecule has 0 radical (unpaired) electrons. The maximum absolute atomic E-state index is 12.9. The first-order valence-corrected chi connectivity index (χ1v) is 12.2. The molecule has 0 unspecified atom stereocenters. The van der Waals surface area contributed by atoms with E-state index in [1.54, 1.807) is 28.4 Å². The van der Waals surface area contributed by atoms with Crippen molar-refractivity contribution in [3.05, 3.63) is 46.0 Å². The Morgan fingerprint density at radius 3 is 2.40 bits per heavy atom. The van der Waals surface area contributed by atoms with Gasteiger partial charge in [-0.25, -0.2) is 0 Å². The lowest BCUT2D eigenvalue weighted by Gasteiger charge is -2.32. The summed E-state index contributed by atoms with van der Waals surface area (Å²) in [6, 6.07) is 2.90. The number of likely N-dealkylation sites (N-methyl/N-ethyl adjacent to an activating group) is 1. The van der Waals surface area contributed by atoms with Gasteiger partial charge in [-0.1, -0.05) is 13.8 Å². The smallest absolute Gasteiger partial charge is 0.287 e. The third-order valence-electron chi connectivity index (χ3n) is 6.30. The van der Waals surface area contributed by atoms with Crippen LogP contribution in [0.15, 0.2) is 24.5 Å². The molecule has 11 nitrogen and oxygen atoms in total. The summed E-state index contributed by atoms with van der Waals surface area (Å²) in [5, 5.41) is 17.0. The van der Waals surface area contributed by atoms with E-state index in [2.05, 4.69) is 41.3 Å². The Hall–Kier alpha value is -3.18. The van der Waals surface area contributed by atoms with Crippen molar-refractivity contribution in [3.8, 4) is 0 Å². The largest absolute Gasteiger partial charge is 0.351 e. The summed E-state index contributed by atoms with van der Waals surface area (Å²) in [4.78, 5) is 41.0. The first-order valence-electron chi connectivity index (χ1n) is 12.2. The molecule has 2 aromatic rings. The number of aryl methyl sites for hydroxylation is 2. The number of hydrogen-bond donors (Lipinski definition) is 2. The molecule has 0 aliphatic carbocycles. The Morgan fingerprint density at radius 1 is 1.03 bits per heavy atom. The highest BCUT2D eigenvalue weighted by atomic mass is 16.6. The predicted molar refractivity (Wildman–Crippen MR) is 135 cm³/mol. The van der Waals surface area contributed by atoms with E-state index >= 15 is 0 Å². The number of hydrogen-bond acceptors (Lipinski definition) is 6. The maximum atomic E-state index is 12.9. The minimum atomic E-state index is -0.503. The molecule has 2 aromatic heterocycles. The summed E-state index contributed by atoms with van der Waals surface area (Å²) < 4.78 is 3.27. The number of nitrogens with one attached hydrogen (secondary N) is 2. The zero-order valence-corrected chi connectivity index (χ0v) is 21.1. The van der Waals surface area contributed by atoms with Crippen molar-refractivity contribution in [2.24, 2.45) is 13.0 Å². The second-order valence-corrected chi connectivity index (χ2v) is 9.65. The van der Waals surface area contributed by atoms with Crippen LogP contribution in [0.4, 0.5) is 11.4 Å². The number of nitrogens with zero attached hydrogens (tertiary/aromatic N) is 5. The zero-order chi connectivity index (χ0) is 25.5. The fourth-order valence-corrected chi connectivity index (χ4v) is 4.09. The number of carbonyl (C=O) groups is 2. The number of nitro groups is 1. The van der Waals surface area contributed by atoms with Crippen molar-refractivity contribution in [2.45, 2.75) is 33.2 Å². The second kappa shape index (κ2) is 12.0. The Balaban J connectivity index is 1.56. The molecule has 1 aliphatic rings. The zero-order valence-electron chi connectivity index (χ0n) is 21.1. The van der Waals surface area contributed by atoms with Gasteiger partial charge >= 0.3 is 0 Å². The van der Waals surface area contributed by atoms with Crippen molar-refractivity contribution >= 4 is 23.2 Å². The fourth-order valence-electron chi connectivity index (χ4n) is 4.09. The minimum absolute atomic E-state index is 0.122. The number of anilines is 1. The van der Waals surface area contributed by atoms with Gasteiger partial charge in [0.15, 0.2) is 0 Å². The van der Waals surface area contributed by atoms with Crippen LogP contribution in [0.25, 0.3) is 0 Å². The highest BCUT2D eigenvalue weighted by Gasteiger charge is 2.21. The Kier molecular flexibility index (Phi) is 9.05. The normalized spacial score (nSPS) is 14.9. The summed E-state index contributed by atoms with van der Waals surface area (Å²) in [6.45, 7) is 10.4. The van der Waals surface area contributed by atoms with E-state index in [1.807, 2.05) is 0 Å². The van der Waals surface area contributed by atoms with Crippen molar-refractivity contribution in [1.29, 1.82) is 0 Å². The molecule has 3 rings (SSSR count). The van der Waals surface area contributed by atoms with Crippen molar-refractivity contribution in [2.75, 3.05) is 51.6 Å². The summed E-state index contributed by atoms with van der Waals surface area (Å²) in [5.41, 5.74) is 0.986. The van der Waals surface area contributed by atoms with Crippen LogP contribution in [-0.2, 0) is 13.6 Å². The van der Waals surface area contributed by atoms with E-state index < -0.39 is 10.8 Å². The van der Waals surface area contributed by atoms with Gasteiger partial charge < -0.3 is 29.6 Å². The van der Waals surface area contributed by atoms with E-state index in [0.717, 1.165) is 45.6 Å². The lowest BCUT2D eigenvalue weighted by Crippen LogP contribution is -2.45. The van der Waals surface area contributed by atoms with Gasteiger partial charge in [-0.15, -0.1) is 0 Å². The summed E-state index contributed by atoms with van der Waals surface area (Å²) >= 11 is 0. The molecule has 1 fully saturated rings. The van der Waals surface area contributed by atoms with Crippen LogP contribution in [0.5, 0.6) is 0 Å². The third kappa shape index (κ3) is 7.40. The highest BCUT2D eigenvalue weighted by Crippen LogP contribution is 2.20. The van der Waals surface area contributed by atoms with Crippen LogP contribution in [0.1, 0.15) is 47.7 Å². The fraction of sp³-hybridized carbons (Fsp3) is 0.583. The number of rotatable bonds is 11. The minimum Gasteiger partial charge on any atom is -0.351 e. The molecule has 2 N–H and O–H groups in total. The maximum Gasteiger partial charge on any atom is 0.287 e. The predicted octanol–water partition coefficient (Wildman–Crippen LogP) is 2.40. The molecule has 0 saturated carbocycles. The molecule has 0 bridgehead atoms. The number of carbonyl (C=O) groups excluding carboxylic acids is 2. The first-order chi connectivity index (χ1) is 16.6. The van der Waals surface area contributed by atoms with Crippen LogP contribution in [-0.4, -0.2) is 82.0 Å². The van der Waals surface area contributed by atoms with Crippen LogP contribution in [0, 0.1) is 16.0 Å². The monoisotopic (exact) mass is 487 g/mol. The molecule has 1 aliphatic heterocycles. The van der Waals surface area contributed by atoms with Gasteiger partial charge in [-0.3, -0.25) is 19.7 Å². The average molecular weight is 488 g/mol. The SMILES string of the molecule is CC(C)CCn1cc([N+](=O)[O-])cc1C(=O)Nc1cc(C(=O)NCCCN2CCN(C)CC2)n(C)c1. The molecule has 0 spiro atoms. The topological polar surface area (TPSA) is 118 Å². The molecular weight excluding hydrogens is 450 g/mol. The van der Waals surface area contributed by atoms with Gasteiger partial charge in [0.25, 0.3) is 17.5 Å². The molecule has 11 heteroatoms. The summed E-state index contributed by atoms with van der Waals surface area (Å²) in [5.74, 6) is -0.266. The van der Waals surface area contributed by atoms with Crippen LogP contribution >= 0.6 is 0 Å². The highest BCUT2D eigenvalue weighted by molar-refractivity contribution is 6.04. The van der Waals surface area contributed by atoms with Crippen molar-refractivity contribution in [3.63, 3.8) is 0 Å². The van der Waals surface area contributed by atoms with E-state index in [0.29, 0.717) is 30.4 Å². The summed E-state index contributed by atoms with van der Waals surface area (Å²) in [7, 11) is 3.87. The second-order valence-electron chi connectivity index (χ2n) is 9.65. The third-order valence-corrected chi connectivity index (χ3v) is 6.30. The Bertz CT molecular complexity index is 1030. The molecule has 0 atom stereocenters.